The maximum atomic E-state index is 2.39. The van der Waals surface area contributed by atoms with Crippen LogP contribution in [0.4, 0.5) is 0 Å². The van der Waals surface area contributed by atoms with Crippen molar-refractivity contribution in [2.24, 2.45) is 0 Å². The molecule has 0 unspecified atom stereocenters. The molecular formula is C31H23N. The number of hydrogen-bond donors (Lipinski definition) is 0. The molecule has 0 saturated carbocycles. The maximum Gasteiger partial charge on any atom is 0.0543 e. The van der Waals surface area contributed by atoms with Crippen LogP contribution in [-0.4, -0.2) is 4.57 Å². The summed E-state index contributed by atoms with van der Waals surface area (Å²) in [6.07, 6.45) is 0.900. The number of para-hydroxylation sites is 2. The summed E-state index contributed by atoms with van der Waals surface area (Å²) in [5.74, 6) is 0. The summed E-state index contributed by atoms with van der Waals surface area (Å²) in [7, 11) is 0. The minimum Gasteiger partial charge on any atom is -0.309 e. The van der Waals surface area contributed by atoms with Gasteiger partial charge >= 0.3 is 0 Å². The van der Waals surface area contributed by atoms with Gasteiger partial charge in [0.1, 0.15) is 0 Å². The molecule has 0 fully saturated rings. The number of rotatable bonds is 4. The second-order valence-corrected chi connectivity index (χ2v) is 8.24. The minimum atomic E-state index is 0.900. The predicted octanol–water partition coefficient (Wildman–Crippen LogP) is 8.04. The van der Waals surface area contributed by atoms with E-state index in [1.165, 1.54) is 49.7 Å². The second-order valence-electron chi connectivity index (χ2n) is 8.24. The fourth-order valence-corrected chi connectivity index (χ4v) is 4.78. The lowest BCUT2D eigenvalue weighted by Gasteiger charge is -2.11. The predicted molar refractivity (Wildman–Crippen MR) is 135 cm³/mol. The van der Waals surface area contributed by atoms with Crippen LogP contribution in [0.15, 0.2) is 127 Å². The van der Waals surface area contributed by atoms with Gasteiger partial charge in [-0.3, -0.25) is 0 Å². The first-order valence-electron chi connectivity index (χ1n) is 11.1. The molecule has 32 heavy (non-hydrogen) atoms. The third-order valence-electron chi connectivity index (χ3n) is 6.25. The molecule has 1 nitrogen and oxygen atoms in total. The molecular weight excluding hydrogens is 386 g/mol. The normalized spacial score (nSPS) is 11.2. The van der Waals surface area contributed by atoms with Gasteiger partial charge in [0.25, 0.3) is 0 Å². The van der Waals surface area contributed by atoms with Crippen LogP contribution in [0.2, 0.25) is 0 Å². The molecule has 0 bridgehead atoms. The molecule has 0 saturated heterocycles. The summed E-state index contributed by atoms with van der Waals surface area (Å²) in [6, 6.07) is 45.7. The average molecular weight is 410 g/mol. The van der Waals surface area contributed by atoms with Crippen LogP contribution in [-0.2, 0) is 6.42 Å². The molecule has 5 aromatic carbocycles. The van der Waals surface area contributed by atoms with Gasteiger partial charge in [-0.1, -0.05) is 103 Å². The van der Waals surface area contributed by atoms with Crippen molar-refractivity contribution in [2.45, 2.75) is 6.42 Å². The van der Waals surface area contributed by atoms with Crippen molar-refractivity contribution in [3.8, 4) is 16.8 Å². The van der Waals surface area contributed by atoms with Crippen molar-refractivity contribution >= 4 is 21.8 Å². The highest BCUT2D eigenvalue weighted by Crippen LogP contribution is 2.33. The van der Waals surface area contributed by atoms with Gasteiger partial charge in [0, 0.05) is 16.5 Å². The standard InChI is InChI=1S/C31H23N/c1-3-11-24(12-4-1)27-16-8-7-13-25(27)21-23-19-20-29-28-17-9-10-18-30(28)32(31(29)22-23)26-14-5-2-6-15-26/h1-20,22H,21H2. The number of hydrogen-bond acceptors (Lipinski definition) is 0. The second kappa shape index (κ2) is 7.86. The Morgan fingerprint density at radius 2 is 1.16 bits per heavy atom. The van der Waals surface area contributed by atoms with Crippen LogP contribution < -0.4 is 0 Å². The molecule has 1 heterocycles. The van der Waals surface area contributed by atoms with E-state index in [1.54, 1.807) is 0 Å². The lowest BCUT2D eigenvalue weighted by Crippen LogP contribution is -1.95. The molecule has 0 spiro atoms. The Bertz CT molecular complexity index is 1530. The fourth-order valence-electron chi connectivity index (χ4n) is 4.78. The third kappa shape index (κ3) is 3.19. The fraction of sp³-hybridized carbons (Fsp3) is 0.0323. The number of nitrogens with zero attached hydrogens (tertiary/aromatic N) is 1. The maximum absolute atomic E-state index is 2.39. The van der Waals surface area contributed by atoms with Crippen LogP contribution in [0.1, 0.15) is 11.1 Å². The quantitative estimate of drug-likeness (QED) is 0.278. The Kier molecular flexibility index (Phi) is 4.58. The molecule has 152 valence electrons. The van der Waals surface area contributed by atoms with Crippen molar-refractivity contribution < 1.29 is 0 Å². The van der Waals surface area contributed by atoms with Gasteiger partial charge in [0.2, 0.25) is 0 Å². The molecule has 0 amide bonds. The Hall–Kier alpha value is -4.10. The van der Waals surface area contributed by atoms with E-state index in [0.717, 1.165) is 6.42 Å². The number of fused-ring (bicyclic) bond motifs is 3. The first kappa shape index (κ1) is 18.7. The van der Waals surface area contributed by atoms with E-state index in [9.17, 15) is 0 Å². The first-order chi connectivity index (χ1) is 15.9. The van der Waals surface area contributed by atoms with E-state index in [2.05, 4.69) is 132 Å². The smallest absolute Gasteiger partial charge is 0.0543 e. The molecule has 0 aliphatic carbocycles. The molecule has 6 aromatic rings. The van der Waals surface area contributed by atoms with E-state index in [-0.39, 0.29) is 0 Å². The van der Waals surface area contributed by atoms with Gasteiger partial charge in [-0.25, -0.2) is 0 Å². The van der Waals surface area contributed by atoms with Crippen molar-refractivity contribution in [2.75, 3.05) is 0 Å². The Morgan fingerprint density at radius 3 is 2.00 bits per heavy atom. The summed E-state index contributed by atoms with van der Waals surface area (Å²) in [6.45, 7) is 0. The summed E-state index contributed by atoms with van der Waals surface area (Å²) in [5, 5.41) is 2.59. The van der Waals surface area contributed by atoms with E-state index in [0.29, 0.717) is 0 Å². The van der Waals surface area contributed by atoms with Crippen molar-refractivity contribution in [3.63, 3.8) is 0 Å². The largest absolute Gasteiger partial charge is 0.309 e. The molecule has 0 radical (unpaired) electrons. The van der Waals surface area contributed by atoms with Gasteiger partial charge < -0.3 is 4.57 Å². The van der Waals surface area contributed by atoms with Crippen molar-refractivity contribution in [1.29, 1.82) is 0 Å². The van der Waals surface area contributed by atoms with Crippen molar-refractivity contribution in [3.05, 3.63) is 139 Å². The highest BCUT2D eigenvalue weighted by Gasteiger charge is 2.13. The summed E-state index contributed by atoms with van der Waals surface area (Å²) < 4.78 is 2.39. The lowest BCUT2D eigenvalue weighted by molar-refractivity contribution is 1.16. The average Bonchev–Trinajstić information content (AvgIpc) is 3.19. The van der Waals surface area contributed by atoms with Crippen LogP contribution >= 0.6 is 0 Å². The van der Waals surface area contributed by atoms with Gasteiger partial charge in [-0.15, -0.1) is 0 Å². The number of aromatic nitrogens is 1. The highest BCUT2D eigenvalue weighted by molar-refractivity contribution is 6.09. The highest BCUT2D eigenvalue weighted by atomic mass is 15.0. The third-order valence-corrected chi connectivity index (χ3v) is 6.25. The zero-order valence-electron chi connectivity index (χ0n) is 17.8. The van der Waals surface area contributed by atoms with Crippen LogP contribution in [0, 0.1) is 0 Å². The van der Waals surface area contributed by atoms with Gasteiger partial charge in [0.15, 0.2) is 0 Å². The Morgan fingerprint density at radius 1 is 0.500 bits per heavy atom. The molecule has 0 aliphatic rings. The van der Waals surface area contributed by atoms with Gasteiger partial charge in [-0.2, -0.15) is 0 Å². The molecule has 1 aromatic heterocycles. The molecule has 0 aliphatic heterocycles. The summed E-state index contributed by atoms with van der Waals surface area (Å²) in [5.41, 5.74) is 8.93. The first-order valence-corrected chi connectivity index (χ1v) is 11.1. The van der Waals surface area contributed by atoms with Crippen LogP contribution in [0.5, 0.6) is 0 Å². The summed E-state index contributed by atoms with van der Waals surface area (Å²) >= 11 is 0. The Balaban J connectivity index is 1.51. The van der Waals surface area contributed by atoms with Gasteiger partial charge in [0.05, 0.1) is 11.0 Å². The van der Waals surface area contributed by atoms with E-state index in [4.69, 9.17) is 0 Å². The zero-order valence-corrected chi connectivity index (χ0v) is 17.8. The topological polar surface area (TPSA) is 4.93 Å². The molecule has 0 atom stereocenters. The van der Waals surface area contributed by atoms with Gasteiger partial charge in [-0.05, 0) is 52.9 Å². The SMILES string of the molecule is c1ccc(-c2ccccc2Cc2ccc3c4ccccc4n(-c4ccccc4)c3c2)cc1. The lowest BCUT2D eigenvalue weighted by atomic mass is 9.94. The molecule has 6 rings (SSSR count). The zero-order chi connectivity index (χ0) is 21.3. The Labute approximate surface area is 188 Å². The van der Waals surface area contributed by atoms with Crippen LogP contribution in [0.25, 0.3) is 38.6 Å². The van der Waals surface area contributed by atoms with E-state index < -0.39 is 0 Å². The van der Waals surface area contributed by atoms with Crippen molar-refractivity contribution in [1.82, 2.24) is 4.57 Å². The van der Waals surface area contributed by atoms with E-state index >= 15 is 0 Å². The molecule has 0 N–H and O–H groups in total. The van der Waals surface area contributed by atoms with E-state index in [1.807, 2.05) is 0 Å². The summed E-state index contributed by atoms with van der Waals surface area (Å²) in [4.78, 5) is 0. The monoisotopic (exact) mass is 409 g/mol. The minimum absolute atomic E-state index is 0.900. The molecule has 1 heteroatoms. The number of benzene rings is 5. The van der Waals surface area contributed by atoms with Crippen LogP contribution in [0.3, 0.4) is 0 Å².